The van der Waals surface area contributed by atoms with Crippen LogP contribution in [0.3, 0.4) is 0 Å². The fourth-order valence-corrected chi connectivity index (χ4v) is 2.25. The van der Waals surface area contributed by atoms with Crippen LogP contribution >= 0.6 is 0 Å². The van der Waals surface area contributed by atoms with Gasteiger partial charge in [-0.25, -0.2) is 0 Å². The summed E-state index contributed by atoms with van der Waals surface area (Å²) < 4.78 is 5.12. The van der Waals surface area contributed by atoms with Crippen LogP contribution in [0.4, 0.5) is 0 Å². The number of aromatic amines is 1. The summed E-state index contributed by atoms with van der Waals surface area (Å²) >= 11 is 0. The Morgan fingerprint density at radius 1 is 1.24 bits per heavy atom. The van der Waals surface area contributed by atoms with Crippen LogP contribution in [0.25, 0.3) is 10.9 Å². The molecule has 21 heavy (non-hydrogen) atoms. The first kappa shape index (κ1) is 13.6. The Hall–Kier alpha value is -2.37. The molecule has 0 radical (unpaired) electrons. The summed E-state index contributed by atoms with van der Waals surface area (Å²) in [6.45, 7) is 0.706. The van der Waals surface area contributed by atoms with Crippen molar-refractivity contribution in [3.05, 3.63) is 70.4 Å². The Balaban J connectivity index is 1.68. The molecule has 3 N–H and O–H groups in total. The van der Waals surface area contributed by atoms with E-state index in [1.54, 1.807) is 12.1 Å². The first-order valence-electron chi connectivity index (χ1n) is 6.77. The van der Waals surface area contributed by atoms with Crippen LogP contribution in [-0.4, -0.2) is 16.6 Å². The number of benzene rings is 1. The Labute approximate surface area is 121 Å². The van der Waals surface area contributed by atoms with Crippen LogP contribution in [0, 0.1) is 0 Å². The van der Waals surface area contributed by atoms with Crippen molar-refractivity contribution in [2.24, 2.45) is 0 Å². The molecule has 0 aliphatic heterocycles. The van der Waals surface area contributed by atoms with Crippen molar-refractivity contribution in [3.8, 4) is 0 Å². The normalized spacial score (nSPS) is 12.6. The molecule has 3 aromatic rings. The maximum Gasteiger partial charge on any atom is 0.252 e. The number of aliphatic hydroxyl groups excluding tert-OH is 1. The second-order valence-electron chi connectivity index (χ2n) is 4.87. The number of rotatable bonds is 5. The maximum absolute atomic E-state index is 12.0. The van der Waals surface area contributed by atoms with E-state index in [0.717, 1.165) is 10.9 Å². The zero-order valence-corrected chi connectivity index (χ0v) is 11.4. The van der Waals surface area contributed by atoms with Crippen molar-refractivity contribution >= 4 is 10.9 Å². The number of fused-ring (bicyclic) bond motifs is 1. The lowest BCUT2D eigenvalue weighted by atomic mass is 10.1. The summed E-state index contributed by atoms with van der Waals surface area (Å²) in [5.41, 5.74) is 1.34. The highest BCUT2D eigenvalue weighted by molar-refractivity contribution is 5.78. The minimum atomic E-state index is -0.723. The molecule has 1 atom stereocenters. The number of para-hydroxylation sites is 1. The van der Waals surface area contributed by atoms with E-state index >= 15 is 0 Å². The monoisotopic (exact) mass is 284 g/mol. The molecule has 2 aromatic heterocycles. The molecule has 1 aromatic carbocycles. The molecule has 0 fully saturated rings. The predicted molar refractivity (Wildman–Crippen MR) is 79.9 cm³/mol. The first-order valence-corrected chi connectivity index (χ1v) is 6.77. The average molecular weight is 284 g/mol. The minimum absolute atomic E-state index is 0.117. The summed E-state index contributed by atoms with van der Waals surface area (Å²) in [6, 6.07) is 12.9. The van der Waals surface area contributed by atoms with E-state index in [-0.39, 0.29) is 5.56 Å². The van der Waals surface area contributed by atoms with Gasteiger partial charge in [-0.3, -0.25) is 4.79 Å². The highest BCUT2D eigenvalue weighted by atomic mass is 16.4. The third kappa shape index (κ3) is 3.04. The molecule has 3 rings (SSSR count). The van der Waals surface area contributed by atoms with Gasteiger partial charge in [-0.15, -0.1) is 0 Å². The summed E-state index contributed by atoms with van der Waals surface area (Å²) in [5, 5.41) is 13.9. The second kappa shape index (κ2) is 5.95. The van der Waals surface area contributed by atoms with Crippen LogP contribution in [0.1, 0.15) is 17.4 Å². The summed E-state index contributed by atoms with van der Waals surface area (Å²) in [4.78, 5) is 14.8. The number of aliphatic hydroxyl groups is 1. The van der Waals surface area contributed by atoms with Gasteiger partial charge in [0, 0.05) is 24.2 Å². The average Bonchev–Trinajstić information content (AvgIpc) is 3.02. The standard InChI is InChI=1S/C16H16N2O3/c19-14(15-6-3-7-21-15)10-17-9-12-8-11-4-1-2-5-13(11)18-16(12)20/h1-8,14,17,19H,9-10H2,(H,18,20). The van der Waals surface area contributed by atoms with Gasteiger partial charge in [-0.1, -0.05) is 18.2 Å². The number of nitrogens with one attached hydrogen (secondary N) is 2. The van der Waals surface area contributed by atoms with Gasteiger partial charge in [0.1, 0.15) is 11.9 Å². The van der Waals surface area contributed by atoms with Gasteiger partial charge in [0.2, 0.25) is 0 Å². The molecule has 5 heteroatoms. The number of furan rings is 1. The lowest BCUT2D eigenvalue weighted by Crippen LogP contribution is -2.25. The van der Waals surface area contributed by atoms with Crippen LogP contribution in [-0.2, 0) is 6.54 Å². The van der Waals surface area contributed by atoms with Crippen molar-refractivity contribution in [2.75, 3.05) is 6.54 Å². The fourth-order valence-electron chi connectivity index (χ4n) is 2.25. The number of hydrogen-bond acceptors (Lipinski definition) is 4. The van der Waals surface area contributed by atoms with Crippen molar-refractivity contribution in [1.29, 1.82) is 0 Å². The van der Waals surface area contributed by atoms with Gasteiger partial charge in [-0.2, -0.15) is 0 Å². The Kier molecular flexibility index (Phi) is 3.85. The van der Waals surface area contributed by atoms with E-state index in [4.69, 9.17) is 4.42 Å². The maximum atomic E-state index is 12.0. The van der Waals surface area contributed by atoms with E-state index in [9.17, 15) is 9.90 Å². The molecule has 2 heterocycles. The molecule has 0 saturated carbocycles. The highest BCUT2D eigenvalue weighted by Crippen LogP contribution is 2.12. The lowest BCUT2D eigenvalue weighted by molar-refractivity contribution is 0.147. The van der Waals surface area contributed by atoms with Gasteiger partial charge < -0.3 is 19.8 Å². The Bertz CT molecular complexity index is 778. The fraction of sp³-hybridized carbons (Fsp3) is 0.188. The Morgan fingerprint density at radius 2 is 2.10 bits per heavy atom. The van der Waals surface area contributed by atoms with Gasteiger partial charge in [0.05, 0.1) is 6.26 Å². The van der Waals surface area contributed by atoms with Crippen molar-refractivity contribution in [2.45, 2.75) is 12.6 Å². The van der Waals surface area contributed by atoms with Crippen LogP contribution < -0.4 is 10.9 Å². The molecule has 0 aliphatic carbocycles. The number of hydrogen-bond donors (Lipinski definition) is 3. The molecular formula is C16H16N2O3. The summed E-state index contributed by atoms with van der Waals surface area (Å²) in [6.07, 6.45) is 0.798. The topological polar surface area (TPSA) is 78.3 Å². The molecule has 0 aliphatic rings. The molecule has 0 saturated heterocycles. The van der Waals surface area contributed by atoms with Crippen LogP contribution in [0.2, 0.25) is 0 Å². The zero-order chi connectivity index (χ0) is 14.7. The first-order chi connectivity index (χ1) is 10.2. The highest BCUT2D eigenvalue weighted by Gasteiger charge is 2.10. The van der Waals surface area contributed by atoms with Crippen molar-refractivity contribution in [3.63, 3.8) is 0 Å². The van der Waals surface area contributed by atoms with Gasteiger partial charge in [0.15, 0.2) is 0 Å². The van der Waals surface area contributed by atoms with E-state index in [0.29, 0.717) is 24.4 Å². The summed E-state index contributed by atoms with van der Waals surface area (Å²) in [5.74, 6) is 0.509. The van der Waals surface area contributed by atoms with E-state index in [1.165, 1.54) is 6.26 Å². The predicted octanol–water partition coefficient (Wildman–Crippen LogP) is 1.94. The van der Waals surface area contributed by atoms with E-state index in [1.807, 2.05) is 30.3 Å². The van der Waals surface area contributed by atoms with Crippen LogP contribution in [0.15, 0.2) is 57.9 Å². The second-order valence-corrected chi connectivity index (χ2v) is 4.87. The summed E-state index contributed by atoms with van der Waals surface area (Å²) in [7, 11) is 0. The van der Waals surface area contributed by atoms with Gasteiger partial charge >= 0.3 is 0 Å². The number of H-pyrrole nitrogens is 1. The molecule has 108 valence electrons. The van der Waals surface area contributed by atoms with E-state index in [2.05, 4.69) is 10.3 Å². The molecule has 0 bridgehead atoms. The van der Waals surface area contributed by atoms with Gasteiger partial charge in [0.25, 0.3) is 5.56 Å². The number of aromatic nitrogens is 1. The zero-order valence-electron chi connectivity index (χ0n) is 11.4. The lowest BCUT2D eigenvalue weighted by Gasteiger charge is -2.09. The Morgan fingerprint density at radius 3 is 2.90 bits per heavy atom. The van der Waals surface area contributed by atoms with Crippen molar-refractivity contribution in [1.82, 2.24) is 10.3 Å². The van der Waals surface area contributed by atoms with Gasteiger partial charge in [-0.05, 0) is 29.7 Å². The molecule has 0 amide bonds. The smallest absolute Gasteiger partial charge is 0.252 e. The third-order valence-electron chi connectivity index (χ3n) is 3.36. The van der Waals surface area contributed by atoms with Crippen LogP contribution in [0.5, 0.6) is 0 Å². The minimum Gasteiger partial charge on any atom is -0.467 e. The molecular weight excluding hydrogens is 268 g/mol. The molecule has 5 nitrogen and oxygen atoms in total. The third-order valence-corrected chi connectivity index (χ3v) is 3.36. The van der Waals surface area contributed by atoms with E-state index < -0.39 is 6.10 Å². The SMILES string of the molecule is O=c1[nH]c2ccccc2cc1CNCC(O)c1ccco1. The molecule has 0 spiro atoms. The molecule has 1 unspecified atom stereocenters. The largest absolute Gasteiger partial charge is 0.467 e. The quantitative estimate of drug-likeness (QED) is 0.669. The number of pyridine rings is 1. The van der Waals surface area contributed by atoms with Crippen molar-refractivity contribution < 1.29 is 9.52 Å².